The number of carbonyl (C=O) groups is 2. The molecule has 0 spiro atoms. The molecule has 0 saturated heterocycles. The number of ether oxygens (including phenoxy) is 1. The number of pyridine rings is 1. The number of nitrogens with zero attached hydrogens (tertiary/aromatic N) is 1. The van der Waals surface area contributed by atoms with E-state index in [2.05, 4.69) is 4.98 Å². The van der Waals surface area contributed by atoms with E-state index in [1.807, 2.05) is 39.0 Å². The third kappa shape index (κ3) is 5.02. The van der Waals surface area contributed by atoms with Gasteiger partial charge in [-0.1, -0.05) is 24.3 Å². The molecule has 0 amide bonds. The van der Waals surface area contributed by atoms with Crippen LogP contribution in [-0.2, 0) is 16.0 Å². The predicted molar refractivity (Wildman–Crippen MR) is 88.4 cm³/mol. The number of rotatable bonds is 5. The summed E-state index contributed by atoms with van der Waals surface area (Å²) < 4.78 is 5.55. The van der Waals surface area contributed by atoms with E-state index in [-0.39, 0.29) is 5.97 Å². The van der Waals surface area contributed by atoms with Crippen LogP contribution in [0.2, 0.25) is 0 Å². The number of aldehydes is 1. The second-order valence-electron chi connectivity index (χ2n) is 6.44. The molecule has 4 nitrogen and oxygen atoms in total. The van der Waals surface area contributed by atoms with Crippen molar-refractivity contribution in [2.75, 3.05) is 0 Å². The minimum atomic E-state index is -0.553. The van der Waals surface area contributed by atoms with E-state index in [0.29, 0.717) is 12.0 Å². The summed E-state index contributed by atoms with van der Waals surface area (Å²) in [6, 6.07) is 10.9. The van der Waals surface area contributed by atoms with Crippen molar-refractivity contribution < 1.29 is 14.3 Å². The molecule has 0 N–H and O–H groups in total. The maximum atomic E-state index is 12.6. The first-order chi connectivity index (χ1) is 10.9. The van der Waals surface area contributed by atoms with Crippen molar-refractivity contribution in [3.05, 3.63) is 65.5 Å². The van der Waals surface area contributed by atoms with Crippen molar-refractivity contribution in [3.63, 3.8) is 0 Å². The highest BCUT2D eigenvalue weighted by atomic mass is 16.6. The molecule has 1 aromatic carbocycles. The van der Waals surface area contributed by atoms with Crippen LogP contribution in [0.5, 0.6) is 0 Å². The van der Waals surface area contributed by atoms with E-state index >= 15 is 0 Å². The molecule has 1 unspecified atom stereocenters. The number of aromatic nitrogens is 1. The highest BCUT2D eigenvalue weighted by Crippen LogP contribution is 2.24. The Kier molecular flexibility index (Phi) is 5.27. The fourth-order valence-electron chi connectivity index (χ4n) is 2.32. The zero-order valence-corrected chi connectivity index (χ0v) is 13.7. The Morgan fingerprint density at radius 2 is 2.04 bits per heavy atom. The summed E-state index contributed by atoms with van der Waals surface area (Å²) in [5.41, 5.74) is 1.76. The maximum absolute atomic E-state index is 12.6. The maximum Gasteiger partial charge on any atom is 0.314 e. The number of hydrogen-bond acceptors (Lipinski definition) is 4. The van der Waals surface area contributed by atoms with Gasteiger partial charge in [-0.15, -0.1) is 0 Å². The number of hydrogen-bond donors (Lipinski definition) is 0. The third-order valence-corrected chi connectivity index (χ3v) is 3.31. The Hall–Kier alpha value is -2.49. The average molecular weight is 311 g/mol. The van der Waals surface area contributed by atoms with Gasteiger partial charge in [-0.2, -0.15) is 0 Å². The molecule has 0 aliphatic rings. The van der Waals surface area contributed by atoms with Crippen LogP contribution in [0.4, 0.5) is 0 Å². The van der Waals surface area contributed by atoms with Crippen LogP contribution in [0.3, 0.4) is 0 Å². The highest BCUT2D eigenvalue weighted by molar-refractivity contribution is 5.79. The predicted octanol–water partition coefficient (Wildman–Crippen LogP) is 3.56. The third-order valence-electron chi connectivity index (χ3n) is 3.31. The molecule has 0 fully saturated rings. The smallest absolute Gasteiger partial charge is 0.314 e. The molecule has 2 aromatic rings. The summed E-state index contributed by atoms with van der Waals surface area (Å²) in [4.78, 5) is 27.6. The fourth-order valence-corrected chi connectivity index (χ4v) is 2.32. The molecule has 120 valence electrons. The summed E-state index contributed by atoms with van der Waals surface area (Å²) in [6.45, 7) is 5.54. The van der Waals surface area contributed by atoms with Crippen LogP contribution < -0.4 is 0 Å². The molecule has 2 rings (SSSR count). The molecule has 0 radical (unpaired) electrons. The van der Waals surface area contributed by atoms with Crippen LogP contribution >= 0.6 is 0 Å². The average Bonchev–Trinajstić information content (AvgIpc) is 2.52. The zero-order chi connectivity index (χ0) is 16.9. The van der Waals surface area contributed by atoms with Crippen molar-refractivity contribution in [1.29, 1.82) is 0 Å². The quantitative estimate of drug-likeness (QED) is 0.626. The van der Waals surface area contributed by atoms with Crippen molar-refractivity contribution in [1.82, 2.24) is 4.98 Å². The Labute approximate surface area is 136 Å². The van der Waals surface area contributed by atoms with Gasteiger partial charge in [0.2, 0.25) is 0 Å². The topological polar surface area (TPSA) is 56.3 Å². The first-order valence-corrected chi connectivity index (χ1v) is 7.56. The van der Waals surface area contributed by atoms with E-state index in [1.165, 1.54) is 0 Å². The van der Waals surface area contributed by atoms with Crippen molar-refractivity contribution in [2.24, 2.45) is 0 Å². The van der Waals surface area contributed by atoms with Gasteiger partial charge in [0, 0.05) is 18.0 Å². The molecule has 4 heteroatoms. The van der Waals surface area contributed by atoms with Crippen molar-refractivity contribution >= 4 is 12.3 Å². The Balaban J connectivity index is 2.30. The minimum absolute atomic E-state index is 0.290. The van der Waals surface area contributed by atoms with E-state index in [9.17, 15) is 9.59 Å². The monoisotopic (exact) mass is 311 g/mol. The molecule has 23 heavy (non-hydrogen) atoms. The first kappa shape index (κ1) is 16.9. The Morgan fingerprint density at radius 1 is 1.26 bits per heavy atom. The molecule has 0 aliphatic carbocycles. The molecule has 1 aromatic heterocycles. The highest BCUT2D eigenvalue weighted by Gasteiger charge is 2.27. The number of carbonyl (C=O) groups excluding carboxylic acids is 2. The summed E-state index contributed by atoms with van der Waals surface area (Å²) in [7, 11) is 0. The molecular formula is C19H21NO3. The minimum Gasteiger partial charge on any atom is -0.459 e. The van der Waals surface area contributed by atoms with Crippen LogP contribution in [0.25, 0.3) is 0 Å². The van der Waals surface area contributed by atoms with Crippen LogP contribution in [0.15, 0.2) is 48.8 Å². The summed E-state index contributed by atoms with van der Waals surface area (Å²) in [5, 5.41) is 0. The first-order valence-electron chi connectivity index (χ1n) is 7.56. The molecule has 0 saturated carbocycles. The van der Waals surface area contributed by atoms with Crippen molar-refractivity contribution in [3.8, 4) is 0 Å². The van der Waals surface area contributed by atoms with Gasteiger partial charge >= 0.3 is 5.97 Å². The molecule has 1 atom stereocenters. The van der Waals surface area contributed by atoms with Gasteiger partial charge in [0.15, 0.2) is 0 Å². The van der Waals surface area contributed by atoms with Crippen molar-refractivity contribution in [2.45, 2.75) is 38.7 Å². The van der Waals surface area contributed by atoms with Gasteiger partial charge in [-0.05, 0) is 50.5 Å². The second kappa shape index (κ2) is 7.18. The normalized spacial score (nSPS) is 12.5. The van der Waals surface area contributed by atoms with Crippen LogP contribution in [0, 0.1) is 0 Å². The van der Waals surface area contributed by atoms with E-state index in [4.69, 9.17) is 4.74 Å². The van der Waals surface area contributed by atoms with E-state index in [1.54, 1.807) is 30.6 Å². The lowest BCUT2D eigenvalue weighted by molar-refractivity contribution is -0.156. The molecule has 0 bridgehead atoms. The van der Waals surface area contributed by atoms with Gasteiger partial charge in [0.1, 0.15) is 11.9 Å². The summed E-state index contributed by atoms with van der Waals surface area (Å²) >= 11 is 0. The number of benzene rings is 1. The van der Waals surface area contributed by atoms with E-state index < -0.39 is 11.5 Å². The lowest BCUT2D eigenvalue weighted by atomic mass is 9.92. The number of esters is 1. The lowest BCUT2D eigenvalue weighted by Crippen LogP contribution is -2.28. The van der Waals surface area contributed by atoms with Gasteiger partial charge in [-0.25, -0.2) is 0 Å². The summed E-state index contributed by atoms with van der Waals surface area (Å²) in [5.74, 6) is -0.744. The van der Waals surface area contributed by atoms with E-state index in [0.717, 1.165) is 17.4 Å². The Bertz CT molecular complexity index is 675. The van der Waals surface area contributed by atoms with Crippen LogP contribution in [0.1, 0.15) is 48.2 Å². The summed E-state index contributed by atoms with van der Waals surface area (Å²) in [6.07, 6.45) is 4.61. The van der Waals surface area contributed by atoms with Gasteiger partial charge in [-0.3, -0.25) is 14.6 Å². The molecule has 0 aliphatic heterocycles. The van der Waals surface area contributed by atoms with Gasteiger partial charge in [0.25, 0.3) is 0 Å². The zero-order valence-electron chi connectivity index (χ0n) is 13.7. The van der Waals surface area contributed by atoms with Gasteiger partial charge in [0.05, 0.1) is 5.92 Å². The standard InChI is InChI=1S/C19H21NO3/c1-19(2,3)23-18(22)17(16-8-5-9-20-12-16)11-14-6-4-7-15(10-14)13-21/h4-10,12-13,17H,11H2,1-3H3. The second-order valence-corrected chi connectivity index (χ2v) is 6.44. The van der Waals surface area contributed by atoms with Gasteiger partial charge < -0.3 is 4.74 Å². The van der Waals surface area contributed by atoms with Crippen LogP contribution in [-0.4, -0.2) is 22.8 Å². The SMILES string of the molecule is CC(C)(C)OC(=O)C(Cc1cccc(C=O)c1)c1cccnc1. The molecular weight excluding hydrogens is 290 g/mol. The molecule has 1 heterocycles. The lowest BCUT2D eigenvalue weighted by Gasteiger charge is -2.24. The fraction of sp³-hybridized carbons (Fsp3) is 0.316. The largest absolute Gasteiger partial charge is 0.459 e. The Morgan fingerprint density at radius 3 is 2.65 bits per heavy atom.